The Balaban J connectivity index is 1.74. The number of aromatic nitrogens is 2. The molecule has 0 radical (unpaired) electrons. The minimum Gasteiger partial charge on any atom is -0.496 e. The van der Waals surface area contributed by atoms with Gasteiger partial charge in [0.05, 0.1) is 25.5 Å². The van der Waals surface area contributed by atoms with Gasteiger partial charge in [-0.2, -0.15) is 0 Å². The van der Waals surface area contributed by atoms with E-state index in [2.05, 4.69) is 20.2 Å². The number of ether oxygens (including phenoxy) is 2. The van der Waals surface area contributed by atoms with Crippen molar-refractivity contribution in [3.05, 3.63) is 66.5 Å². The van der Waals surface area contributed by atoms with E-state index in [-0.39, 0.29) is 5.91 Å². The summed E-state index contributed by atoms with van der Waals surface area (Å²) in [5, 5.41) is 3.59. The Labute approximate surface area is 222 Å². The number of amides is 2. The maximum atomic E-state index is 13.5. The maximum Gasteiger partial charge on any atom is 0.411 e. The first-order valence-electron chi connectivity index (χ1n) is 12.3. The third-order valence-electron chi connectivity index (χ3n) is 6.38. The Morgan fingerprint density at radius 1 is 0.974 bits per heavy atom. The van der Waals surface area contributed by atoms with Crippen molar-refractivity contribution in [2.45, 2.75) is 6.42 Å². The van der Waals surface area contributed by atoms with Crippen LogP contribution in [0.4, 0.5) is 10.5 Å². The van der Waals surface area contributed by atoms with Crippen LogP contribution in [-0.4, -0.2) is 80.2 Å². The number of pyridine rings is 1. The number of para-hydroxylation sites is 1. The molecule has 2 heterocycles. The Morgan fingerprint density at radius 3 is 2.50 bits per heavy atom. The monoisotopic (exact) mass is 515 g/mol. The molecule has 2 aromatic carbocycles. The summed E-state index contributed by atoms with van der Waals surface area (Å²) < 4.78 is 10.3. The van der Waals surface area contributed by atoms with E-state index < -0.39 is 6.09 Å². The molecule has 4 aromatic rings. The Morgan fingerprint density at radius 2 is 1.76 bits per heavy atom. The molecule has 0 aliphatic carbocycles. The number of benzene rings is 2. The number of fused-ring (bicyclic) bond motifs is 1. The second kappa shape index (κ2) is 11.8. The predicted octanol–water partition coefficient (Wildman–Crippen LogP) is 5.11. The van der Waals surface area contributed by atoms with Crippen LogP contribution in [0.5, 0.6) is 5.75 Å². The molecular formula is C29H33N5O4. The fourth-order valence-electron chi connectivity index (χ4n) is 4.35. The van der Waals surface area contributed by atoms with Crippen LogP contribution in [-0.2, 0) is 4.74 Å². The molecule has 0 fully saturated rings. The van der Waals surface area contributed by atoms with Crippen molar-refractivity contribution in [3.8, 4) is 28.0 Å². The van der Waals surface area contributed by atoms with Gasteiger partial charge < -0.3 is 24.3 Å². The summed E-state index contributed by atoms with van der Waals surface area (Å²) in [6, 6.07) is 15.2. The minimum atomic E-state index is -0.640. The van der Waals surface area contributed by atoms with Gasteiger partial charge in [-0.05, 0) is 56.9 Å². The highest BCUT2D eigenvalue weighted by Crippen LogP contribution is 2.36. The predicted molar refractivity (Wildman–Crippen MR) is 150 cm³/mol. The fourth-order valence-corrected chi connectivity index (χ4v) is 4.35. The van der Waals surface area contributed by atoms with E-state index in [1.165, 1.54) is 7.11 Å². The van der Waals surface area contributed by atoms with Crippen molar-refractivity contribution in [3.63, 3.8) is 0 Å². The number of aromatic amines is 1. The van der Waals surface area contributed by atoms with Crippen LogP contribution in [0.15, 0.2) is 60.9 Å². The number of carbonyl (C=O) groups excluding carboxylic acids is 2. The summed E-state index contributed by atoms with van der Waals surface area (Å²) in [6.07, 6.45) is 3.87. The molecule has 2 amide bonds. The maximum absolute atomic E-state index is 13.5. The topological polar surface area (TPSA) is 99.8 Å². The highest BCUT2D eigenvalue weighted by molar-refractivity contribution is 6.04. The van der Waals surface area contributed by atoms with Crippen molar-refractivity contribution in [2.75, 3.05) is 53.8 Å². The van der Waals surface area contributed by atoms with Gasteiger partial charge >= 0.3 is 6.09 Å². The van der Waals surface area contributed by atoms with Crippen LogP contribution in [0.2, 0.25) is 0 Å². The molecule has 0 aliphatic heterocycles. The fraction of sp³-hybridized carbons (Fsp3) is 0.276. The van der Waals surface area contributed by atoms with Gasteiger partial charge in [0.15, 0.2) is 0 Å². The standard InChI is InChI=1S/C29H33N5O4/c1-33(2)13-8-14-34(3)28(35)23-15-19(11-12-25(23)32-29(36)38-5)20-16-22-24(18-31-27(22)30-17-20)21-9-6-7-10-26(21)37-4/h6-7,9-12,15-18H,8,13-14H2,1-5H3,(H,30,31)(H,32,36). The summed E-state index contributed by atoms with van der Waals surface area (Å²) in [4.78, 5) is 37.0. The number of hydrogen-bond donors (Lipinski definition) is 2. The van der Waals surface area contributed by atoms with Crippen LogP contribution in [0.1, 0.15) is 16.8 Å². The van der Waals surface area contributed by atoms with E-state index in [0.29, 0.717) is 17.8 Å². The van der Waals surface area contributed by atoms with Gasteiger partial charge in [0.2, 0.25) is 0 Å². The molecule has 0 bridgehead atoms. The van der Waals surface area contributed by atoms with Crippen LogP contribution in [0.25, 0.3) is 33.3 Å². The number of rotatable bonds is 9. The van der Waals surface area contributed by atoms with E-state index in [1.807, 2.05) is 56.7 Å². The molecular weight excluding hydrogens is 482 g/mol. The molecule has 0 atom stereocenters. The van der Waals surface area contributed by atoms with Gasteiger partial charge in [-0.15, -0.1) is 0 Å². The van der Waals surface area contributed by atoms with Gasteiger partial charge in [-0.1, -0.05) is 24.3 Å². The van der Waals surface area contributed by atoms with Crippen molar-refractivity contribution in [2.24, 2.45) is 0 Å². The first-order chi connectivity index (χ1) is 18.3. The van der Waals surface area contributed by atoms with Crippen molar-refractivity contribution in [1.29, 1.82) is 0 Å². The molecule has 0 spiro atoms. The third kappa shape index (κ3) is 5.78. The lowest BCUT2D eigenvalue weighted by atomic mass is 9.99. The molecule has 9 heteroatoms. The molecule has 0 saturated carbocycles. The molecule has 0 aliphatic rings. The first-order valence-corrected chi connectivity index (χ1v) is 12.3. The second-order valence-corrected chi connectivity index (χ2v) is 9.28. The van der Waals surface area contributed by atoms with Gasteiger partial charge in [0.1, 0.15) is 11.4 Å². The number of nitrogens with zero attached hydrogens (tertiary/aromatic N) is 3. The third-order valence-corrected chi connectivity index (χ3v) is 6.38. The summed E-state index contributed by atoms with van der Waals surface area (Å²) >= 11 is 0. The zero-order valence-corrected chi connectivity index (χ0v) is 22.4. The lowest BCUT2D eigenvalue weighted by Gasteiger charge is -2.21. The Bertz CT molecular complexity index is 1450. The van der Waals surface area contributed by atoms with Crippen LogP contribution < -0.4 is 10.1 Å². The Hall–Kier alpha value is -4.37. The van der Waals surface area contributed by atoms with E-state index in [4.69, 9.17) is 9.47 Å². The lowest BCUT2D eigenvalue weighted by Crippen LogP contribution is -2.30. The average Bonchev–Trinajstić information content (AvgIpc) is 3.35. The van der Waals surface area contributed by atoms with E-state index in [9.17, 15) is 9.59 Å². The number of H-pyrrole nitrogens is 1. The molecule has 0 saturated heterocycles. The van der Waals surface area contributed by atoms with Crippen molar-refractivity contribution in [1.82, 2.24) is 19.8 Å². The smallest absolute Gasteiger partial charge is 0.411 e. The quantitative estimate of drug-likeness (QED) is 0.321. The largest absolute Gasteiger partial charge is 0.496 e. The van der Waals surface area contributed by atoms with Crippen molar-refractivity contribution >= 4 is 28.7 Å². The molecule has 198 valence electrons. The van der Waals surface area contributed by atoms with Crippen LogP contribution in [0, 0.1) is 0 Å². The second-order valence-electron chi connectivity index (χ2n) is 9.28. The summed E-state index contributed by atoms with van der Waals surface area (Å²) in [5.41, 5.74) is 5.06. The number of hydrogen-bond acceptors (Lipinski definition) is 6. The van der Waals surface area contributed by atoms with E-state index in [1.54, 1.807) is 37.4 Å². The van der Waals surface area contributed by atoms with Gasteiger partial charge in [0.25, 0.3) is 5.91 Å². The zero-order valence-electron chi connectivity index (χ0n) is 22.4. The number of methoxy groups -OCH3 is 2. The summed E-state index contributed by atoms with van der Waals surface area (Å²) in [5.74, 6) is 0.574. The Kier molecular flexibility index (Phi) is 8.28. The van der Waals surface area contributed by atoms with Gasteiger partial charge in [-0.25, -0.2) is 9.78 Å². The molecule has 4 rings (SSSR count). The molecule has 38 heavy (non-hydrogen) atoms. The van der Waals surface area contributed by atoms with Crippen LogP contribution in [0.3, 0.4) is 0 Å². The number of carbonyl (C=O) groups is 2. The normalized spacial score (nSPS) is 11.0. The highest BCUT2D eigenvalue weighted by atomic mass is 16.5. The molecule has 2 aromatic heterocycles. The molecule has 9 nitrogen and oxygen atoms in total. The summed E-state index contributed by atoms with van der Waals surface area (Å²) in [7, 11) is 8.70. The lowest BCUT2D eigenvalue weighted by molar-refractivity contribution is 0.0791. The van der Waals surface area contributed by atoms with E-state index in [0.717, 1.165) is 52.0 Å². The molecule has 2 N–H and O–H groups in total. The van der Waals surface area contributed by atoms with Crippen LogP contribution >= 0.6 is 0 Å². The highest BCUT2D eigenvalue weighted by Gasteiger charge is 2.20. The SMILES string of the molecule is COC(=O)Nc1ccc(-c2cnc3[nH]cc(-c4ccccc4OC)c3c2)cc1C(=O)N(C)CCCN(C)C. The first kappa shape index (κ1) is 26.7. The molecule has 0 unspecified atom stereocenters. The number of nitrogens with one attached hydrogen (secondary N) is 2. The zero-order chi connectivity index (χ0) is 27.2. The average molecular weight is 516 g/mol. The summed E-state index contributed by atoms with van der Waals surface area (Å²) in [6.45, 7) is 1.44. The van der Waals surface area contributed by atoms with Crippen molar-refractivity contribution < 1.29 is 19.1 Å². The van der Waals surface area contributed by atoms with Gasteiger partial charge in [0, 0.05) is 48.1 Å². The minimum absolute atomic E-state index is 0.192. The number of anilines is 1. The van der Waals surface area contributed by atoms with E-state index >= 15 is 0 Å². The van der Waals surface area contributed by atoms with Gasteiger partial charge in [-0.3, -0.25) is 10.1 Å².